The van der Waals surface area contributed by atoms with Crippen molar-refractivity contribution in [1.29, 1.82) is 0 Å². The Labute approximate surface area is 106 Å². The molecular weight excluding hydrogens is 264 g/mol. The van der Waals surface area contributed by atoms with Gasteiger partial charge in [0.25, 0.3) is 0 Å². The molecule has 0 spiro atoms. The highest BCUT2D eigenvalue weighted by Crippen LogP contribution is 2.19. The Morgan fingerprint density at radius 1 is 1.31 bits per heavy atom. The Kier molecular flexibility index (Phi) is 4.24. The number of benzene rings is 1. The van der Waals surface area contributed by atoms with Crippen LogP contribution in [0, 0.1) is 0 Å². The highest BCUT2D eigenvalue weighted by atomic mass is 79.9. The molecule has 0 saturated carbocycles. The summed E-state index contributed by atoms with van der Waals surface area (Å²) in [7, 11) is 2.21. The largest absolute Gasteiger partial charge is 0.382 e. The highest BCUT2D eigenvalue weighted by Gasteiger charge is 2.14. The molecule has 1 heterocycles. The Morgan fingerprint density at radius 3 is 3.00 bits per heavy atom. The second-order valence-electron chi connectivity index (χ2n) is 4.59. The number of likely N-dealkylation sites (tertiary alicyclic amines) is 1. The average Bonchev–Trinajstić information content (AvgIpc) is 2.44. The number of halogens is 1. The van der Waals surface area contributed by atoms with E-state index in [0.717, 1.165) is 4.47 Å². The van der Waals surface area contributed by atoms with Gasteiger partial charge in [0, 0.05) is 16.2 Å². The molecule has 2 nitrogen and oxygen atoms in total. The molecule has 1 saturated heterocycles. The van der Waals surface area contributed by atoms with Gasteiger partial charge in [-0.2, -0.15) is 0 Å². The molecule has 3 heteroatoms. The molecule has 0 radical (unpaired) electrons. The molecule has 0 aromatic heterocycles. The molecule has 1 atom stereocenters. The molecule has 1 aliphatic heterocycles. The number of nitrogens with one attached hydrogen (secondary N) is 1. The van der Waals surface area contributed by atoms with Crippen LogP contribution in [0.5, 0.6) is 0 Å². The first-order valence-electron chi connectivity index (χ1n) is 5.95. The quantitative estimate of drug-likeness (QED) is 0.895. The second-order valence-corrected chi connectivity index (χ2v) is 5.50. The van der Waals surface area contributed by atoms with Crippen molar-refractivity contribution < 1.29 is 0 Å². The Bertz CT molecular complexity index is 340. The summed E-state index contributed by atoms with van der Waals surface area (Å²) in [4.78, 5) is 2.42. The zero-order valence-corrected chi connectivity index (χ0v) is 11.3. The molecular formula is C13H19BrN2. The maximum atomic E-state index is 3.63. The third-order valence-corrected chi connectivity index (χ3v) is 3.64. The van der Waals surface area contributed by atoms with Gasteiger partial charge in [-0.25, -0.2) is 0 Å². The van der Waals surface area contributed by atoms with Gasteiger partial charge in [-0.05, 0) is 57.6 Å². The van der Waals surface area contributed by atoms with Crippen LogP contribution in [0.4, 0.5) is 5.69 Å². The lowest BCUT2D eigenvalue weighted by atomic mass is 10.1. The Hall–Kier alpha value is -0.540. The van der Waals surface area contributed by atoms with E-state index in [2.05, 4.69) is 57.5 Å². The van der Waals surface area contributed by atoms with Crippen molar-refractivity contribution in [2.45, 2.75) is 25.3 Å². The third kappa shape index (κ3) is 3.49. The summed E-state index contributed by atoms with van der Waals surface area (Å²) >= 11 is 3.50. The molecule has 16 heavy (non-hydrogen) atoms. The number of hydrogen-bond donors (Lipinski definition) is 1. The van der Waals surface area contributed by atoms with Crippen LogP contribution in [0.15, 0.2) is 28.7 Å². The summed E-state index contributed by atoms with van der Waals surface area (Å²) in [5, 5.41) is 3.63. The smallest absolute Gasteiger partial charge is 0.0353 e. The molecule has 2 rings (SSSR count). The number of anilines is 1. The predicted molar refractivity (Wildman–Crippen MR) is 72.9 cm³/mol. The lowest BCUT2D eigenvalue weighted by molar-refractivity contribution is 0.348. The van der Waals surface area contributed by atoms with Gasteiger partial charge in [0.2, 0.25) is 0 Å². The second kappa shape index (κ2) is 5.69. The van der Waals surface area contributed by atoms with E-state index in [1.807, 2.05) is 0 Å². The molecule has 1 aliphatic rings. The average molecular weight is 283 g/mol. The van der Waals surface area contributed by atoms with E-state index >= 15 is 0 Å². The van der Waals surface area contributed by atoms with Gasteiger partial charge in [-0.15, -0.1) is 0 Å². The molecule has 1 unspecified atom stereocenters. The van der Waals surface area contributed by atoms with Crippen molar-refractivity contribution in [2.75, 3.05) is 25.5 Å². The van der Waals surface area contributed by atoms with Gasteiger partial charge >= 0.3 is 0 Å². The fourth-order valence-electron chi connectivity index (χ4n) is 2.20. The summed E-state index contributed by atoms with van der Waals surface area (Å²) in [5.74, 6) is 0. The van der Waals surface area contributed by atoms with E-state index in [4.69, 9.17) is 0 Å². The lowest BCUT2D eigenvalue weighted by Gasteiger charge is -2.18. The molecule has 88 valence electrons. The zero-order valence-electron chi connectivity index (χ0n) is 9.75. The van der Waals surface area contributed by atoms with Crippen molar-refractivity contribution >= 4 is 21.6 Å². The minimum absolute atomic E-state index is 0.624. The normalized spacial score (nSPS) is 22.8. The Morgan fingerprint density at radius 2 is 2.19 bits per heavy atom. The van der Waals surface area contributed by atoms with Crippen LogP contribution >= 0.6 is 15.9 Å². The molecule has 1 N–H and O–H groups in total. The van der Waals surface area contributed by atoms with E-state index in [-0.39, 0.29) is 0 Å². The standard InChI is InChI=1S/C13H19BrN2/c1-16-8-3-6-12(7-9-16)15-13-5-2-4-11(14)10-13/h2,4-5,10,12,15H,3,6-9H2,1H3. The fraction of sp³-hybridized carbons (Fsp3) is 0.538. The van der Waals surface area contributed by atoms with Crippen LogP contribution in [0.3, 0.4) is 0 Å². The summed E-state index contributed by atoms with van der Waals surface area (Å²) in [6, 6.07) is 9.05. The molecule has 1 fully saturated rings. The molecule has 0 aliphatic carbocycles. The van der Waals surface area contributed by atoms with E-state index in [1.165, 1.54) is 38.0 Å². The van der Waals surface area contributed by atoms with Crippen LogP contribution in [0.2, 0.25) is 0 Å². The monoisotopic (exact) mass is 282 g/mol. The highest BCUT2D eigenvalue weighted by molar-refractivity contribution is 9.10. The van der Waals surface area contributed by atoms with Crippen molar-refractivity contribution in [2.24, 2.45) is 0 Å². The van der Waals surface area contributed by atoms with Gasteiger partial charge in [0.05, 0.1) is 0 Å². The fourth-order valence-corrected chi connectivity index (χ4v) is 2.60. The van der Waals surface area contributed by atoms with Crippen LogP contribution < -0.4 is 5.32 Å². The van der Waals surface area contributed by atoms with Crippen molar-refractivity contribution in [3.05, 3.63) is 28.7 Å². The van der Waals surface area contributed by atoms with Crippen molar-refractivity contribution in [3.63, 3.8) is 0 Å². The topological polar surface area (TPSA) is 15.3 Å². The van der Waals surface area contributed by atoms with E-state index in [9.17, 15) is 0 Å². The van der Waals surface area contributed by atoms with E-state index in [0.29, 0.717) is 6.04 Å². The first-order valence-corrected chi connectivity index (χ1v) is 6.74. The van der Waals surface area contributed by atoms with Gasteiger partial charge in [0.15, 0.2) is 0 Å². The lowest BCUT2D eigenvalue weighted by Crippen LogP contribution is -2.22. The van der Waals surface area contributed by atoms with E-state index < -0.39 is 0 Å². The predicted octanol–water partition coefficient (Wildman–Crippen LogP) is 3.35. The maximum absolute atomic E-state index is 3.63. The SMILES string of the molecule is CN1CCCC(Nc2cccc(Br)c2)CC1. The van der Waals surface area contributed by atoms with E-state index in [1.54, 1.807) is 0 Å². The summed E-state index contributed by atoms with van der Waals surface area (Å²) in [6.45, 7) is 2.43. The molecule has 1 aromatic rings. The van der Waals surface area contributed by atoms with Crippen LogP contribution in [0.1, 0.15) is 19.3 Å². The molecule has 0 bridgehead atoms. The summed E-state index contributed by atoms with van der Waals surface area (Å²) < 4.78 is 1.14. The molecule has 1 aromatic carbocycles. The van der Waals surface area contributed by atoms with Gasteiger partial charge in [-0.3, -0.25) is 0 Å². The Balaban J connectivity index is 1.93. The van der Waals surface area contributed by atoms with Crippen LogP contribution in [-0.2, 0) is 0 Å². The molecule has 0 amide bonds. The van der Waals surface area contributed by atoms with Crippen molar-refractivity contribution in [3.8, 4) is 0 Å². The number of rotatable bonds is 2. The van der Waals surface area contributed by atoms with Gasteiger partial charge in [-0.1, -0.05) is 22.0 Å². The third-order valence-electron chi connectivity index (χ3n) is 3.15. The summed E-state index contributed by atoms with van der Waals surface area (Å²) in [6.07, 6.45) is 3.81. The number of nitrogens with zero attached hydrogens (tertiary/aromatic N) is 1. The zero-order chi connectivity index (χ0) is 11.4. The van der Waals surface area contributed by atoms with Gasteiger partial charge < -0.3 is 10.2 Å². The maximum Gasteiger partial charge on any atom is 0.0353 e. The first-order chi connectivity index (χ1) is 7.74. The summed E-state index contributed by atoms with van der Waals surface area (Å²) in [5.41, 5.74) is 1.23. The first kappa shape index (κ1) is 11.9. The van der Waals surface area contributed by atoms with Crippen LogP contribution in [-0.4, -0.2) is 31.1 Å². The number of hydrogen-bond acceptors (Lipinski definition) is 2. The minimum Gasteiger partial charge on any atom is -0.382 e. The van der Waals surface area contributed by atoms with Gasteiger partial charge in [0.1, 0.15) is 0 Å². The van der Waals surface area contributed by atoms with Crippen molar-refractivity contribution in [1.82, 2.24) is 4.90 Å². The van der Waals surface area contributed by atoms with Crippen LogP contribution in [0.25, 0.3) is 0 Å². The minimum atomic E-state index is 0.624.